The van der Waals surface area contributed by atoms with Crippen LogP contribution in [0.3, 0.4) is 0 Å². The molecule has 5 aliphatic carbocycles. The smallest absolute Gasteiger partial charge is 0.335 e. The molecule has 0 amide bonds. The SMILES string of the molecule is C[C@@H]1O[C@@H](O[C@H]2[C@H](OC(=O)[C@]34CCC(C)(C)CC3C3=CCC5[C@@]6(C)CC[C@H](O[C@@H]7O[C@H](C(=O)O)[C@@H](O)[C@H](O)[C@H]7O)C(C)(C)C6CC[C@@]5(C)[C@]3(C)C[C@H]4O)OC[C@H](O)[C@@H]2O)[C@H](O)[C@H](O[C@@H]2OC[C@@H](O)[C@H](O[C@@H]3O[C@H](CO)[C@@H](O)[C@H](O)[C@H]3O)[C@H]2O)[C@H]1O[C@@H]1OC[C@@H](O)[C@H](O)[C@H]1O. The Balaban J connectivity index is 0.839. The van der Waals surface area contributed by atoms with Gasteiger partial charge in [0.05, 0.1) is 44.7 Å². The molecular weight excluding hydrogens is 1250 g/mol. The highest BCUT2D eigenvalue weighted by Gasteiger charge is 2.72. The molecule has 94 heavy (non-hydrogen) atoms. The van der Waals surface area contributed by atoms with Gasteiger partial charge in [0.25, 0.3) is 0 Å². The van der Waals surface area contributed by atoms with Crippen LogP contribution in [0.25, 0.3) is 0 Å². The number of aliphatic carboxylic acids is 1. The maximum absolute atomic E-state index is 15.7. The Bertz CT molecular complexity index is 2710. The van der Waals surface area contributed by atoms with E-state index in [2.05, 4.69) is 54.5 Å². The number of esters is 1. The summed E-state index contributed by atoms with van der Waals surface area (Å²) in [6.45, 7) is 14.0. The average Bonchev–Trinajstić information content (AvgIpc) is 0.672. The van der Waals surface area contributed by atoms with Crippen molar-refractivity contribution in [3.8, 4) is 0 Å². The lowest BCUT2D eigenvalue weighted by Gasteiger charge is -2.71. The molecule has 0 aromatic heterocycles. The summed E-state index contributed by atoms with van der Waals surface area (Å²) in [7, 11) is 0. The maximum atomic E-state index is 15.7. The third kappa shape index (κ3) is 12.3. The van der Waals surface area contributed by atoms with Crippen molar-refractivity contribution in [1.82, 2.24) is 0 Å². The molecule has 0 aromatic carbocycles. The summed E-state index contributed by atoms with van der Waals surface area (Å²) in [5.74, 6) is -2.88. The van der Waals surface area contributed by atoms with E-state index in [1.54, 1.807) is 0 Å². The molecule has 11 aliphatic rings. The number of hydrogen-bond acceptors (Lipinski definition) is 30. The number of hydrogen-bond donors (Lipinski definition) is 17. The van der Waals surface area contributed by atoms with Crippen LogP contribution >= 0.6 is 0 Å². The fraction of sp³-hybridized carbons (Fsp3) is 0.937. The number of aliphatic hydroxyl groups excluding tert-OH is 16. The minimum absolute atomic E-state index is 0.0302. The van der Waals surface area contributed by atoms with Crippen molar-refractivity contribution in [2.24, 2.45) is 50.2 Å². The number of carboxylic acid groups (broad SMARTS) is 1. The van der Waals surface area contributed by atoms with Crippen molar-refractivity contribution in [3.63, 3.8) is 0 Å². The van der Waals surface area contributed by atoms with Crippen LogP contribution in [0, 0.1) is 50.2 Å². The Morgan fingerprint density at radius 1 is 0.521 bits per heavy atom. The third-order valence-corrected chi connectivity index (χ3v) is 24.4. The number of rotatable bonds is 14. The fourth-order valence-corrected chi connectivity index (χ4v) is 18.7. The van der Waals surface area contributed by atoms with Crippen LogP contribution in [-0.4, -0.2) is 303 Å². The van der Waals surface area contributed by atoms with Gasteiger partial charge >= 0.3 is 11.9 Å². The highest BCUT2D eigenvalue weighted by molar-refractivity contribution is 5.80. The molecule has 0 spiro atoms. The second-order valence-corrected chi connectivity index (χ2v) is 30.7. The monoisotopic (exact) mass is 1350 g/mol. The molecule has 6 heterocycles. The number of carbonyl (C=O) groups excluding carboxylic acids is 1. The molecule has 4 saturated carbocycles. The van der Waals surface area contributed by atoms with Gasteiger partial charge in [-0.15, -0.1) is 0 Å². The minimum Gasteiger partial charge on any atom is -0.479 e. The molecular formula is C63H100O31. The van der Waals surface area contributed by atoms with Gasteiger partial charge in [-0.25, -0.2) is 4.79 Å². The second-order valence-electron chi connectivity index (χ2n) is 30.7. The van der Waals surface area contributed by atoms with E-state index in [1.165, 1.54) is 6.92 Å². The van der Waals surface area contributed by atoms with Gasteiger partial charge in [-0.2, -0.15) is 0 Å². The first kappa shape index (κ1) is 72.8. The number of aliphatic hydroxyl groups is 16. The van der Waals surface area contributed by atoms with Gasteiger partial charge < -0.3 is 144 Å². The van der Waals surface area contributed by atoms with Crippen molar-refractivity contribution in [2.45, 2.75) is 291 Å². The molecule has 10 fully saturated rings. The predicted octanol–water partition coefficient (Wildman–Crippen LogP) is -4.38. The lowest BCUT2D eigenvalue weighted by Crippen LogP contribution is -2.68. The molecule has 0 radical (unpaired) electrons. The molecule has 0 bridgehead atoms. The van der Waals surface area contributed by atoms with Crippen LogP contribution in [0.2, 0.25) is 0 Å². The first-order chi connectivity index (χ1) is 44.0. The molecule has 31 nitrogen and oxygen atoms in total. The van der Waals surface area contributed by atoms with Crippen LogP contribution in [0.4, 0.5) is 0 Å². The molecule has 11 rings (SSSR count). The van der Waals surface area contributed by atoms with E-state index in [1.807, 2.05) is 0 Å². The van der Waals surface area contributed by atoms with E-state index in [-0.39, 0.29) is 35.5 Å². The van der Waals surface area contributed by atoms with Crippen molar-refractivity contribution < 1.29 is 153 Å². The largest absolute Gasteiger partial charge is 0.479 e. The van der Waals surface area contributed by atoms with Gasteiger partial charge in [-0.05, 0) is 110 Å². The number of fused-ring (bicyclic) bond motifs is 7. The highest BCUT2D eigenvalue weighted by atomic mass is 16.8. The zero-order chi connectivity index (χ0) is 68.6. The summed E-state index contributed by atoms with van der Waals surface area (Å²) in [6, 6.07) is 0. The fourth-order valence-electron chi connectivity index (χ4n) is 18.7. The van der Waals surface area contributed by atoms with Gasteiger partial charge in [-0.3, -0.25) is 4.79 Å². The summed E-state index contributed by atoms with van der Waals surface area (Å²) >= 11 is 0. The molecule has 17 N–H and O–H groups in total. The lowest BCUT2D eigenvalue weighted by molar-refractivity contribution is -0.393. The van der Waals surface area contributed by atoms with Crippen molar-refractivity contribution in [1.29, 1.82) is 0 Å². The second kappa shape index (κ2) is 26.8. The number of carboxylic acids is 1. The van der Waals surface area contributed by atoms with E-state index in [9.17, 15) is 91.6 Å². The summed E-state index contributed by atoms with van der Waals surface area (Å²) in [5, 5.41) is 186. The molecule has 3 unspecified atom stereocenters. The summed E-state index contributed by atoms with van der Waals surface area (Å²) < 4.78 is 71.7. The topological polar surface area (TPSA) is 489 Å². The molecule has 0 aromatic rings. The molecule has 6 aliphatic heterocycles. The number of ether oxygens (including phenoxy) is 12. The molecule has 31 heteroatoms. The standard InChI is InChI=1S/C63H100O31/c1-23-45(89-51-40(75)34(69)26(65)20-83-51)47(91-52-43(78)46(28(67)22-84-52)90-53-41(76)37(72)36(71)29(19-64)87-53)44(79)55(86-23)93-49-35(70)27(66)21-85-56(49)94-57(82)63-16-15-58(2,3)17-25(63)24-9-10-31-60(6)13-12-33(88-54-42(77)38(73)39(74)48(92-54)50(80)81)59(4,5)30(60)11-14-61(31,7)62(24,8)18-32(63)68/h9,23,25-49,51-56,64-79H,10-22H2,1-8H3,(H,80,81)/t23-,25?,26+,27-,28+,29+,30?,31?,32+,33-,34-,35-,36+,37-,38-,39-,40+,41+,42+,43+,44+,45-,46-,47-,48-,49+,51-,52-,53-,54+,55-,56-,60-,61+,62+,63+/m0/s1. The van der Waals surface area contributed by atoms with E-state index < -0.39 is 244 Å². The highest BCUT2D eigenvalue weighted by Crippen LogP contribution is 2.76. The Labute approximate surface area is 543 Å². The van der Waals surface area contributed by atoms with Gasteiger partial charge in [0.15, 0.2) is 43.7 Å². The van der Waals surface area contributed by atoms with E-state index >= 15 is 4.79 Å². The third-order valence-electron chi connectivity index (χ3n) is 24.4. The van der Waals surface area contributed by atoms with Crippen molar-refractivity contribution >= 4 is 11.9 Å². The van der Waals surface area contributed by atoms with E-state index in [0.29, 0.717) is 38.5 Å². The van der Waals surface area contributed by atoms with E-state index in [0.717, 1.165) is 12.0 Å². The van der Waals surface area contributed by atoms with Gasteiger partial charge in [-0.1, -0.05) is 60.1 Å². The Kier molecular flexibility index (Phi) is 20.8. The Morgan fingerprint density at radius 3 is 1.73 bits per heavy atom. The van der Waals surface area contributed by atoms with Crippen LogP contribution in [0.15, 0.2) is 11.6 Å². The zero-order valence-electron chi connectivity index (χ0n) is 54.1. The number of allylic oxidation sites excluding steroid dienone is 2. The normalized spacial score (nSPS) is 54.2. The Morgan fingerprint density at radius 2 is 1.07 bits per heavy atom. The van der Waals surface area contributed by atoms with Gasteiger partial charge in [0.2, 0.25) is 6.29 Å². The first-order valence-electron chi connectivity index (χ1n) is 33.0. The van der Waals surface area contributed by atoms with Crippen LogP contribution in [0.1, 0.15) is 113 Å². The van der Waals surface area contributed by atoms with Gasteiger partial charge in [0, 0.05) is 0 Å². The summed E-state index contributed by atoms with van der Waals surface area (Å²) in [6.07, 6.45) is -43.2. The zero-order valence-corrected chi connectivity index (χ0v) is 54.1. The maximum Gasteiger partial charge on any atom is 0.335 e. The van der Waals surface area contributed by atoms with Crippen LogP contribution in [-0.2, 0) is 66.4 Å². The van der Waals surface area contributed by atoms with Gasteiger partial charge in [0.1, 0.15) is 115 Å². The summed E-state index contributed by atoms with van der Waals surface area (Å²) in [4.78, 5) is 27.7. The molecule has 36 atom stereocenters. The van der Waals surface area contributed by atoms with Crippen LogP contribution < -0.4 is 0 Å². The predicted molar refractivity (Wildman–Crippen MR) is 311 cm³/mol. The lowest BCUT2D eigenvalue weighted by atomic mass is 9.33. The number of carbonyl (C=O) groups is 2. The van der Waals surface area contributed by atoms with Crippen molar-refractivity contribution in [2.75, 3.05) is 26.4 Å². The minimum atomic E-state index is -2.12. The van der Waals surface area contributed by atoms with E-state index in [4.69, 9.17) is 56.8 Å². The molecule has 538 valence electrons. The average molecular weight is 1350 g/mol. The first-order valence-corrected chi connectivity index (χ1v) is 33.0. The quantitative estimate of drug-likeness (QED) is 0.0444. The molecule has 6 saturated heterocycles. The van der Waals surface area contributed by atoms with Crippen molar-refractivity contribution in [3.05, 3.63) is 11.6 Å². The summed E-state index contributed by atoms with van der Waals surface area (Å²) in [5.41, 5.74) is -2.92. The Hall–Kier alpha value is -2.40. The van der Waals surface area contributed by atoms with Crippen LogP contribution in [0.5, 0.6) is 0 Å².